The fraction of sp³-hybridized carbons (Fsp3) is 0.200. The first-order chi connectivity index (χ1) is 15.3. The van der Waals surface area contributed by atoms with Gasteiger partial charge in [-0.2, -0.15) is 0 Å². The van der Waals surface area contributed by atoms with Crippen LogP contribution in [0.3, 0.4) is 0 Å². The first-order valence-electron chi connectivity index (χ1n) is 11.2. The molecule has 4 aromatic carbocycles. The van der Waals surface area contributed by atoms with Gasteiger partial charge in [-0.3, -0.25) is 0 Å². The molecule has 1 unspecified atom stereocenters. The van der Waals surface area contributed by atoms with Crippen molar-refractivity contribution in [2.24, 2.45) is 0 Å². The van der Waals surface area contributed by atoms with E-state index in [2.05, 4.69) is 117 Å². The van der Waals surface area contributed by atoms with Gasteiger partial charge in [0.1, 0.15) is 5.75 Å². The lowest BCUT2D eigenvalue weighted by Gasteiger charge is -2.16. The lowest BCUT2D eigenvalue weighted by atomic mass is 9.90. The monoisotopic (exact) mass is 406 g/mol. The minimum absolute atomic E-state index is 0.584. The van der Waals surface area contributed by atoms with Gasteiger partial charge in [-0.25, -0.2) is 0 Å². The molecule has 0 aliphatic rings. The third-order valence-corrected chi connectivity index (χ3v) is 6.03. The molecule has 0 aliphatic carbocycles. The van der Waals surface area contributed by atoms with Gasteiger partial charge in [-0.05, 0) is 57.9 Å². The minimum Gasteiger partial charge on any atom is -0.493 e. The molecular formula is C30H30O. The summed E-state index contributed by atoms with van der Waals surface area (Å²) >= 11 is 0. The van der Waals surface area contributed by atoms with Gasteiger partial charge in [-0.15, -0.1) is 0 Å². The molecule has 0 amide bonds. The van der Waals surface area contributed by atoms with Crippen LogP contribution in [0.4, 0.5) is 0 Å². The van der Waals surface area contributed by atoms with E-state index >= 15 is 0 Å². The molecule has 156 valence electrons. The molecule has 0 spiro atoms. The summed E-state index contributed by atoms with van der Waals surface area (Å²) in [6.45, 7) is 5.14. The smallest absolute Gasteiger partial charge is 0.119 e. The maximum Gasteiger partial charge on any atom is 0.119 e. The van der Waals surface area contributed by atoms with Gasteiger partial charge in [0.15, 0.2) is 0 Å². The quantitative estimate of drug-likeness (QED) is 0.287. The Hall–Kier alpha value is -3.32. The van der Waals surface area contributed by atoms with Crippen molar-refractivity contribution in [2.45, 2.75) is 32.6 Å². The van der Waals surface area contributed by atoms with Gasteiger partial charge < -0.3 is 4.74 Å². The third-order valence-electron chi connectivity index (χ3n) is 6.03. The Balaban J connectivity index is 1.59. The van der Waals surface area contributed by atoms with Crippen molar-refractivity contribution in [2.75, 3.05) is 6.61 Å². The molecule has 1 heteroatoms. The van der Waals surface area contributed by atoms with Crippen LogP contribution in [0.5, 0.6) is 5.75 Å². The second kappa shape index (κ2) is 10.1. The van der Waals surface area contributed by atoms with Crippen LogP contribution < -0.4 is 4.74 Å². The van der Waals surface area contributed by atoms with E-state index in [4.69, 9.17) is 4.74 Å². The van der Waals surface area contributed by atoms with Gasteiger partial charge in [0.05, 0.1) is 6.61 Å². The second-order valence-electron chi connectivity index (χ2n) is 8.04. The molecule has 0 aromatic heterocycles. The fourth-order valence-electron chi connectivity index (χ4n) is 4.03. The number of ether oxygens (including phenoxy) is 1. The predicted octanol–water partition coefficient (Wildman–Crippen LogP) is 8.16. The Bertz CT molecular complexity index is 1020. The van der Waals surface area contributed by atoms with E-state index < -0.39 is 0 Å². The molecule has 0 saturated carbocycles. The van der Waals surface area contributed by atoms with E-state index in [1.807, 2.05) is 0 Å². The Morgan fingerprint density at radius 3 is 1.71 bits per heavy atom. The lowest BCUT2D eigenvalue weighted by Crippen LogP contribution is -2.05. The van der Waals surface area contributed by atoms with Gasteiger partial charge >= 0.3 is 0 Å². The van der Waals surface area contributed by atoms with Crippen molar-refractivity contribution >= 4 is 0 Å². The molecule has 1 nitrogen and oxygen atoms in total. The van der Waals surface area contributed by atoms with E-state index in [0.717, 1.165) is 18.6 Å². The zero-order chi connectivity index (χ0) is 21.5. The highest BCUT2D eigenvalue weighted by atomic mass is 16.5. The van der Waals surface area contributed by atoms with Gasteiger partial charge in [-0.1, -0.05) is 105 Å². The first kappa shape index (κ1) is 20.9. The van der Waals surface area contributed by atoms with Crippen LogP contribution in [0.25, 0.3) is 22.3 Å². The SMILES string of the molecule is CCC(C)c1ccc(OCCc2c(-c3ccccc3)cccc2-c2ccccc2)cc1. The van der Waals surface area contributed by atoms with E-state index in [9.17, 15) is 0 Å². The zero-order valence-electron chi connectivity index (χ0n) is 18.4. The standard InChI is InChI=1S/C30H30O/c1-3-23(2)24-17-19-27(20-18-24)31-22-21-30-28(25-11-6-4-7-12-25)15-10-16-29(30)26-13-8-5-9-14-26/h4-20,23H,3,21-22H2,1-2H3. The topological polar surface area (TPSA) is 9.23 Å². The van der Waals surface area contributed by atoms with Crippen LogP contribution in [-0.2, 0) is 6.42 Å². The molecule has 4 aromatic rings. The summed E-state index contributed by atoms with van der Waals surface area (Å²) < 4.78 is 6.16. The largest absolute Gasteiger partial charge is 0.493 e. The summed E-state index contributed by atoms with van der Waals surface area (Å²) in [5.74, 6) is 1.52. The van der Waals surface area contributed by atoms with E-state index in [1.165, 1.54) is 33.4 Å². The zero-order valence-corrected chi connectivity index (χ0v) is 18.4. The summed E-state index contributed by atoms with van der Waals surface area (Å²) in [6.07, 6.45) is 2.00. The van der Waals surface area contributed by atoms with Crippen molar-refractivity contribution < 1.29 is 4.74 Å². The van der Waals surface area contributed by atoms with Crippen LogP contribution in [0, 0.1) is 0 Å². The fourth-order valence-corrected chi connectivity index (χ4v) is 4.03. The van der Waals surface area contributed by atoms with Gasteiger partial charge in [0, 0.05) is 6.42 Å². The molecule has 0 radical (unpaired) electrons. The molecule has 0 N–H and O–H groups in total. The number of benzene rings is 4. The molecule has 4 rings (SSSR count). The summed E-state index contributed by atoms with van der Waals surface area (Å²) in [6, 6.07) is 36.4. The van der Waals surface area contributed by atoms with Crippen molar-refractivity contribution in [1.82, 2.24) is 0 Å². The van der Waals surface area contributed by atoms with Gasteiger partial charge in [0.25, 0.3) is 0 Å². The minimum atomic E-state index is 0.584. The third kappa shape index (κ3) is 5.06. The molecule has 0 heterocycles. The summed E-state index contributed by atoms with van der Waals surface area (Å²) in [5.41, 5.74) is 7.74. The predicted molar refractivity (Wildman–Crippen MR) is 132 cm³/mol. The van der Waals surface area contributed by atoms with Crippen LogP contribution >= 0.6 is 0 Å². The molecule has 0 aliphatic heterocycles. The first-order valence-corrected chi connectivity index (χ1v) is 11.2. The molecular weight excluding hydrogens is 376 g/mol. The highest BCUT2D eigenvalue weighted by molar-refractivity contribution is 5.78. The highest BCUT2D eigenvalue weighted by Crippen LogP contribution is 2.33. The number of hydrogen-bond donors (Lipinski definition) is 0. The van der Waals surface area contributed by atoms with Crippen molar-refractivity contribution in [3.05, 3.63) is 114 Å². The Morgan fingerprint density at radius 2 is 1.19 bits per heavy atom. The summed E-state index contributed by atoms with van der Waals surface area (Å²) in [5, 5.41) is 0. The van der Waals surface area contributed by atoms with Crippen LogP contribution in [-0.4, -0.2) is 6.61 Å². The second-order valence-corrected chi connectivity index (χ2v) is 8.04. The lowest BCUT2D eigenvalue weighted by molar-refractivity contribution is 0.322. The van der Waals surface area contributed by atoms with Gasteiger partial charge in [0.2, 0.25) is 0 Å². The Labute approximate surface area is 186 Å². The van der Waals surface area contributed by atoms with Crippen molar-refractivity contribution in [3.8, 4) is 28.0 Å². The van der Waals surface area contributed by atoms with E-state index in [0.29, 0.717) is 12.5 Å². The van der Waals surface area contributed by atoms with Crippen molar-refractivity contribution in [3.63, 3.8) is 0 Å². The molecule has 0 saturated heterocycles. The average Bonchev–Trinajstić information content (AvgIpc) is 2.85. The normalized spacial score (nSPS) is 11.8. The maximum absolute atomic E-state index is 6.16. The van der Waals surface area contributed by atoms with Crippen LogP contribution in [0.1, 0.15) is 37.3 Å². The molecule has 31 heavy (non-hydrogen) atoms. The number of hydrogen-bond acceptors (Lipinski definition) is 1. The van der Waals surface area contributed by atoms with Crippen LogP contribution in [0.2, 0.25) is 0 Å². The average molecular weight is 407 g/mol. The van der Waals surface area contributed by atoms with Crippen molar-refractivity contribution in [1.29, 1.82) is 0 Å². The summed E-state index contributed by atoms with van der Waals surface area (Å²) in [4.78, 5) is 0. The summed E-state index contributed by atoms with van der Waals surface area (Å²) in [7, 11) is 0. The Morgan fingerprint density at radius 1 is 0.645 bits per heavy atom. The molecule has 0 fully saturated rings. The maximum atomic E-state index is 6.16. The highest BCUT2D eigenvalue weighted by Gasteiger charge is 2.12. The van der Waals surface area contributed by atoms with E-state index in [-0.39, 0.29) is 0 Å². The molecule has 1 atom stereocenters. The number of rotatable bonds is 8. The van der Waals surface area contributed by atoms with Crippen LogP contribution in [0.15, 0.2) is 103 Å². The molecule has 0 bridgehead atoms. The van der Waals surface area contributed by atoms with E-state index in [1.54, 1.807) is 0 Å². The Kier molecular flexibility index (Phi) is 6.84.